The smallest absolute Gasteiger partial charge is 0.407 e. The molecule has 0 spiro atoms. The van der Waals surface area contributed by atoms with Crippen molar-refractivity contribution in [2.24, 2.45) is 0 Å². The van der Waals surface area contributed by atoms with Gasteiger partial charge in [0.2, 0.25) is 0 Å². The van der Waals surface area contributed by atoms with Gasteiger partial charge in [0.1, 0.15) is 0 Å². The van der Waals surface area contributed by atoms with Crippen molar-refractivity contribution < 1.29 is 9.90 Å². The summed E-state index contributed by atoms with van der Waals surface area (Å²) in [5, 5.41) is 13.0. The number of hydrogen-bond donors (Lipinski definition) is 2. The van der Waals surface area contributed by atoms with Crippen molar-refractivity contribution in [2.75, 3.05) is 0 Å². The molecule has 0 radical (unpaired) electrons. The summed E-state index contributed by atoms with van der Waals surface area (Å²) < 4.78 is 0. The monoisotopic (exact) mass is 254 g/mol. The molecule has 0 bridgehead atoms. The molecule has 0 aromatic rings. The molecule has 0 unspecified atom stereocenters. The normalized spacial score (nSPS) is 29.1. The molecule has 2 saturated carbocycles. The van der Waals surface area contributed by atoms with Crippen molar-refractivity contribution >= 4 is 6.09 Å². The van der Waals surface area contributed by atoms with Gasteiger partial charge in [-0.15, -0.1) is 0 Å². The first-order chi connectivity index (χ1) is 8.38. The average Bonchev–Trinajstić information content (AvgIpc) is 3.02. The number of carboxylic acid groups (broad SMARTS) is 1. The Morgan fingerprint density at radius 2 is 1.50 bits per heavy atom. The van der Waals surface area contributed by atoms with E-state index in [2.05, 4.69) is 5.32 Å². The fraction of sp³-hybridized carbons (Fsp3) is 0.929. The quantitative estimate of drug-likeness (QED) is 0.814. The van der Waals surface area contributed by atoms with Crippen molar-refractivity contribution in [3.8, 4) is 0 Å². The Bertz CT molecular complexity index is 299. The predicted molar refractivity (Wildman–Crippen MR) is 71.8 cm³/mol. The summed E-state index contributed by atoms with van der Waals surface area (Å²) in [5.41, 5.74) is -0.298. The van der Waals surface area contributed by atoms with Crippen molar-refractivity contribution in [1.82, 2.24) is 10.2 Å². The van der Waals surface area contributed by atoms with E-state index in [1.807, 2.05) is 20.8 Å². The SMILES string of the molecule is CC(C)(C)N(C(=O)O)[C@H]1CC[C@@H](NC2CC2)CC1. The lowest BCUT2D eigenvalue weighted by Gasteiger charge is -2.42. The van der Waals surface area contributed by atoms with Gasteiger partial charge in [-0.25, -0.2) is 4.79 Å². The third-order valence-electron chi connectivity index (χ3n) is 4.04. The number of amides is 1. The zero-order valence-electron chi connectivity index (χ0n) is 11.8. The Morgan fingerprint density at radius 3 is 1.83 bits per heavy atom. The maximum atomic E-state index is 11.4. The molecular weight excluding hydrogens is 228 g/mol. The number of hydrogen-bond acceptors (Lipinski definition) is 2. The number of nitrogens with zero attached hydrogens (tertiary/aromatic N) is 1. The molecule has 0 aliphatic heterocycles. The number of carbonyl (C=O) groups is 1. The zero-order chi connectivity index (χ0) is 13.3. The molecule has 1 amide bonds. The van der Waals surface area contributed by atoms with Gasteiger partial charge in [0.15, 0.2) is 0 Å². The molecule has 0 atom stereocenters. The lowest BCUT2D eigenvalue weighted by atomic mass is 9.88. The highest BCUT2D eigenvalue weighted by atomic mass is 16.4. The summed E-state index contributed by atoms with van der Waals surface area (Å²) >= 11 is 0. The molecule has 0 heterocycles. The van der Waals surface area contributed by atoms with Crippen LogP contribution in [0.4, 0.5) is 4.79 Å². The van der Waals surface area contributed by atoms with Crippen LogP contribution in [0.5, 0.6) is 0 Å². The highest BCUT2D eigenvalue weighted by Gasteiger charge is 2.36. The molecule has 0 saturated heterocycles. The largest absolute Gasteiger partial charge is 0.465 e. The van der Waals surface area contributed by atoms with Gasteiger partial charge < -0.3 is 15.3 Å². The molecule has 104 valence electrons. The van der Waals surface area contributed by atoms with Crippen LogP contribution in [0.3, 0.4) is 0 Å². The summed E-state index contributed by atoms with van der Waals surface area (Å²) in [4.78, 5) is 13.1. The van der Waals surface area contributed by atoms with E-state index in [1.165, 1.54) is 12.8 Å². The first kappa shape index (κ1) is 13.7. The van der Waals surface area contributed by atoms with Gasteiger partial charge in [-0.05, 0) is 59.3 Å². The Kier molecular flexibility index (Phi) is 3.85. The van der Waals surface area contributed by atoms with Crippen LogP contribution in [0.15, 0.2) is 0 Å². The third-order valence-corrected chi connectivity index (χ3v) is 4.04. The molecule has 2 aliphatic rings. The number of nitrogens with one attached hydrogen (secondary N) is 1. The lowest BCUT2D eigenvalue weighted by molar-refractivity contribution is 0.0530. The molecule has 18 heavy (non-hydrogen) atoms. The summed E-state index contributed by atoms with van der Waals surface area (Å²) in [5.74, 6) is 0. The predicted octanol–water partition coefficient (Wildman–Crippen LogP) is 2.83. The Balaban J connectivity index is 1.88. The fourth-order valence-corrected chi connectivity index (χ4v) is 3.07. The van der Waals surface area contributed by atoms with E-state index in [0.717, 1.165) is 31.7 Å². The van der Waals surface area contributed by atoms with Crippen LogP contribution in [0.2, 0.25) is 0 Å². The van der Waals surface area contributed by atoms with E-state index >= 15 is 0 Å². The highest BCUT2D eigenvalue weighted by molar-refractivity contribution is 5.66. The fourth-order valence-electron chi connectivity index (χ4n) is 3.07. The minimum absolute atomic E-state index is 0.194. The Hall–Kier alpha value is -0.770. The number of rotatable bonds is 3. The van der Waals surface area contributed by atoms with Gasteiger partial charge in [0.25, 0.3) is 0 Å². The van der Waals surface area contributed by atoms with Gasteiger partial charge in [-0.1, -0.05) is 0 Å². The van der Waals surface area contributed by atoms with Gasteiger partial charge in [0.05, 0.1) is 0 Å². The topological polar surface area (TPSA) is 52.6 Å². The molecular formula is C14H26N2O2. The molecule has 2 fully saturated rings. The molecule has 0 aromatic heterocycles. The summed E-state index contributed by atoms with van der Waals surface area (Å²) in [6.45, 7) is 5.95. The van der Waals surface area contributed by atoms with Crippen LogP contribution in [0.25, 0.3) is 0 Å². The Morgan fingerprint density at radius 1 is 1.06 bits per heavy atom. The third kappa shape index (κ3) is 3.37. The summed E-state index contributed by atoms with van der Waals surface area (Å²) in [6, 6.07) is 1.56. The first-order valence-electron chi connectivity index (χ1n) is 7.16. The molecule has 2 rings (SSSR count). The minimum atomic E-state index is -0.777. The second-order valence-electron chi connectivity index (χ2n) is 6.77. The van der Waals surface area contributed by atoms with Crippen LogP contribution in [0, 0.1) is 0 Å². The Labute approximate surface area is 110 Å². The van der Waals surface area contributed by atoms with Crippen molar-refractivity contribution in [3.05, 3.63) is 0 Å². The van der Waals surface area contributed by atoms with E-state index < -0.39 is 6.09 Å². The van der Waals surface area contributed by atoms with E-state index in [9.17, 15) is 9.90 Å². The summed E-state index contributed by atoms with van der Waals surface area (Å²) in [6.07, 6.45) is 6.08. The molecule has 4 nitrogen and oxygen atoms in total. The van der Waals surface area contributed by atoms with Crippen molar-refractivity contribution in [2.45, 2.75) is 83.0 Å². The average molecular weight is 254 g/mol. The molecule has 4 heteroatoms. The van der Waals surface area contributed by atoms with Crippen molar-refractivity contribution in [1.29, 1.82) is 0 Å². The maximum Gasteiger partial charge on any atom is 0.407 e. The second kappa shape index (κ2) is 5.08. The molecule has 0 aromatic carbocycles. The molecule has 2 N–H and O–H groups in total. The van der Waals surface area contributed by atoms with E-state index in [1.54, 1.807) is 4.90 Å². The van der Waals surface area contributed by atoms with Crippen LogP contribution in [-0.2, 0) is 0 Å². The van der Waals surface area contributed by atoms with Gasteiger partial charge in [-0.2, -0.15) is 0 Å². The van der Waals surface area contributed by atoms with Crippen LogP contribution in [0.1, 0.15) is 59.3 Å². The van der Waals surface area contributed by atoms with E-state index in [-0.39, 0.29) is 11.6 Å². The van der Waals surface area contributed by atoms with Gasteiger partial charge >= 0.3 is 6.09 Å². The van der Waals surface area contributed by atoms with Gasteiger partial charge in [0, 0.05) is 23.7 Å². The van der Waals surface area contributed by atoms with E-state index in [4.69, 9.17) is 0 Å². The zero-order valence-corrected chi connectivity index (χ0v) is 11.8. The maximum absolute atomic E-state index is 11.4. The van der Waals surface area contributed by atoms with E-state index in [0.29, 0.717) is 6.04 Å². The standard InChI is InChI=1S/C14H26N2O2/c1-14(2,3)16(13(17)18)12-8-6-11(7-9-12)15-10-4-5-10/h10-12,15H,4-9H2,1-3H3,(H,17,18)/t11-,12+. The minimum Gasteiger partial charge on any atom is -0.465 e. The van der Waals surface area contributed by atoms with Crippen LogP contribution >= 0.6 is 0 Å². The van der Waals surface area contributed by atoms with Crippen LogP contribution < -0.4 is 5.32 Å². The molecule has 2 aliphatic carbocycles. The van der Waals surface area contributed by atoms with Gasteiger partial charge in [-0.3, -0.25) is 0 Å². The summed E-state index contributed by atoms with van der Waals surface area (Å²) in [7, 11) is 0. The second-order valence-corrected chi connectivity index (χ2v) is 6.77. The van der Waals surface area contributed by atoms with Crippen molar-refractivity contribution in [3.63, 3.8) is 0 Å². The van der Waals surface area contributed by atoms with Crippen LogP contribution in [-0.4, -0.2) is 39.8 Å². The highest BCUT2D eigenvalue weighted by Crippen LogP contribution is 2.30. The lowest BCUT2D eigenvalue weighted by Crippen LogP contribution is -2.53. The first-order valence-corrected chi connectivity index (χ1v) is 7.16.